The Morgan fingerprint density at radius 2 is 1.72 bits per heavy atom. The van der Waals surface area contributed by atoms with E-state index in [-0.39, 0.29) is 60.7 Å². The van der Waals surface area contributed by atoms with Crippen molar-refractivity contribution >= 4 is 17.5 Å². The second kappa shape index (κ2) is 10.7. The maximum absolute atomic E-state index is 14.8. The minimum atomic E-state index is -4.87. The summed E-state index contributed by atoms with van der Waals surface area (Å²) in [6.07, 6.45) is -5.55. The van der Waals surface area contributed by atoms with Gasteiger partial charge in [0.15, 0.2) is 11.6 Å². The van der Waals surface area contributed by atoms with E-state index in [0.717, 1.165) is 16.7 Å². The fourth-order valence-electron chi connectivity index (χ4n) is 4.43. The van der Waals surface area contributed by atoms with E-state index in [1.165, 1.54) is 17.9 Å². The second-order valence-electron chi connectivity index (χ2n) is 9.10. The molecule has 0 saturated heterocycles. The number of aromatic nitrogens is 2. The first-order valence-corrected chi connectivity index (χ1v) is 11.7. The van der Waals surface area contributed by atoms with Gasteiger partial charge in [-0.3, -0.25) is 9.59 Å². The van der Waals surface area contributed by atoms with Crippen LogP contribution in [0.4, 0.5) is 36.4 Å². The Morgan fingerprint density at radius 1 is 1.03 bits per heavy atom. The lowest BCUT2D eigenvalue weighted by atomic mass is 10.0. The number of rotatable bonds is 6. The molecule has 1 aliphatic heterocycles. The number of benzene rings is 2. The zero-order valence-corrected chi connectivity index (χ0v) is 20.4. The normalized spacial score (nSPS) is 14.2. The number of carbonyl (C=O) groups is 2. The molecular weight excluding hydrogens is 535 g/mol. The molecule has 3 N–H and O–H groups in total. The van der Waals surface area contributed by atoms with Crippen LogP contribution in [-0.4, -0.2) is 38.9 Å². The van der Waals surface area contributed by atoms with Crippen LogP contribution < -0.4 is 11.1 Å². The molecule has 1 atom stereocenters. The smallest absolute Gasteiger partial charge is 0.335 e. The highest BCUT2D eigenvalue weighted by Crippen LogP contribution is 2.37. The van der Waals surface area contributed by atoms with Crippen LogP contribution in [0.25, 0.3) is 11.3 Å². The van der Waals surface area contributed by atoms with Crippen LogP contribution in [0.1, 0.15) is 30.4 Å². The van der Waals surface area contributed by atoms with Crippen LogP contribution in [0.5, 0.6) is 0 Å². The Hall–Kier alpha value is -3.94. The summed E-state index contributed by atoms with van der Waals surface area (Å²) in [5.74, 6) is -6.92. The van der Waals surface area contributed by atoms with Crippen molar-refractivity contribution in [1.29, 1.82) is 0 Å². The van der Waals surface area contributed by atoms with Crippen molar-refractivity contribution in [3.8, 4) is 11.3 Å². The van der Waals surface area contributed by atoms with Crippen molar-refractivity contribution in [2.24, 2.45) is 5.73 Å². The molecule has 0 saturated carbocycles. The number of nitrogens with two attached hydrogens (primary N) is 1. The molecule has 2 aromatic carbocycles. The number of anilines is 1. The van der Waals surface area contributed by atoms with E-state index < -0.39 is 53.1 Å². The first kappa shape index (κ1) is 28.1. The number of fused-ring (bicyclic) bond motifs is 1. The summed E-state index contributed by atoms with van der Waals surface area (Å²) in [6.45, 7) is 0.389. The zero-order chi connectivity index (χ0) is 28.6. The Labute approximate surface area is 217 Å². The van der Waals surface area contributed by atoms with Crippen LogP contribution in [0, 0.1) is 23.3 Å². The number of halogens is 7. The number of alkyl halides is 3. The molecule has 0 radical (unpaired) electrons. The molecule has 1 unspecified atom stereocenters. The number of imidazole rings is 1. The summed E-state index contributed by atoms with van der Waals surface area (Å²) < 4.78 is 97.6. The van der Waals surface area contributed by atoms with Gasteiger partial charge in [-0.2, -0.15) is 13.2 Å². The fourth-order valence-corrected chi connectivity index (χ4v) is 4.43. The molecule has 1 aliphatic rings. The van der Waals surface area contributed by atoms with Crippen LogP contribution in [0.3, 0.4) is 0 Å². The first-order chi connectivity index (χ1) is 18.2. The van der Waals surface area contributed by atoms with Crippen molar-refractivity contribution in [1.82, 2.24) is 14.5 Å². The monoisotopic (exact) mass is 557 g/mol. The van der Waals surface area contributed by atoms with Gasteiger partial charge in [0.1, 0.15) is 11.6 Å². The average Bonchev–Trinajstić information content (AvgIpc) is 3.22. The Bertz CT molecular complexity index is 1440. The molecular formula is C25H22F7N5O2. The summed E-state index contributed by atoms with van der Waals surface area (Å²) >= 11 is 0. The van der Waals surface area contributed by atoms with Crippen LogP contribution in [0.15, 0.2) is 30.3 Å². The van der Waals surface area contributed by atoms with Crippen molar-refractivity contribution in [3.05, 3.63) is 70.7 Å². The summed E-state index contributed by atoms with van der Waals surface area (Å²) in [4.78, 5) is 29.2. The predicted molar refractivity (Wildman–Crippen MR) is 125 cm³/mol. The van der Waals surface area contributed by atoms with Gasteiger partial charge in [-0.15, -0.1) is 0 Å². The van der Waals surface area contributed by atoms with Crippen LogP contribution in [0.2, 0.25) is 0 Å². The quantitative estimate of drug-likeness (QED) is 0.348. The van der Waals surface area contributed by atoms with Gasteiger partial charge in [-0.1, -0.05) is 0 Å². The third-order valence-electron chi connectivity index (χ3n) is 6.16. The number of hydrogen-bond donors (Lipinski definition) is 2. The van der Waals surface area contributed by atoms with E-state index in [2.05, 4.69) is 10.3 Å². The summed E-state index contributed by atoms with van der Waals surface area (Å²) in [5, 5.41) is 2.43. The van der Waals surface area contributed by atoms with Gasteiger partial charge in [-0.25, -0.2) is 22.5 Å². The first-order valence-electron chi connectivity index (χ1n) is 11.7. The van der Waals surface area contributed by atoms with Gasteiger partial charge >= 0.3 is 6.18 Å². The number of hydrogen-bond acceptors (Lipinski definition) is 4. The SMILES string of the molecule is CC(=O)Nc1ccc(F)c(-c2nc(C(F)(F)F)n3c2CN(C(=O)CC(N)Cc2cc(F)c(F)cc2F)CC3)c1. The van der Waals surface area contributed by atoms with E-state index in [0.29, 0.717) is 12.1 Å². The molecule has 0 fully saturated rings. The molecule has 14 heteroatoms. The molecule has 3 aromatic rings. The Balaban J connectivity index is 1.60. The molecule has 2 heterocycles. The van der Waals surface area contributed by atoms with E-state index >= 15 is 0 Å². The van der Waals surface area contributed by atoms with E-state index in [9.17, 15) is 40.3 Å². The summed E-state index contributed by atoms with van der Waals surface area (Å²) in [6, 6.07) is 3.35. The topological polar surface area (TPSA) is 93.2 Å². The molecule has 0 aliphatic carbocycles. The highest BCUT2D eigenvalue weighted by atomic mass is 19.4. The van der Waals surface area contributed by atoms with Gasteiger partial charge < -0.3 is 20.5 Å². The maximum atomic E-state index is 14.8. The molecule has 7 nitrogen and oxygen atoms in total. The Morgan fingerprint density at radius 3 is 2.38 bits per heavy atom. The number of nitrogens with one attached hydrogen (secondary N) is 1. The molecule has 4 rings (SSSR count). The highest BCUT2D eigenvalue weighted by molar-refractivity contribution is 5.89. The average molecular weight is 557 g/mol. The molecule has 1 aromatic heterocycles. The van der Waals surface area contributed by atoms with Gasteiger partial charge in [0.2, 0.25) is 17.6 Å². The van der Waals surface area contributed by atoms with Crippen molar-refractivity contribution in [2.45, 2.75) is 45.1 Å². The molecule has 208 valence electrons. The standard InChI is InChI=1S/C25H22F7N5O2/c1-12(38)34-15-2-3-17(26)16(9-15)23-21-11-36(4-5-37(21)24(35-23)25(30,31)32)22(39)8-14(33)6-13-7-19(28)20(29)10-18(13)27/h2-3,7,9-10,14H,4-6,8,11,33H2,1H3,(H,34,38). The lowest BCUT2D eigenvalue weighted by Gasteiger charge is -2.30. The molecule has 2 amide bonds. The summed E-state index contributed by atoms with van der Waals surface area (Å²) in [5.41, 5.74) is 5.10. The van der Waals surface area contributed by atoms with Gasteiger partial charge in [0, 0.05) is 49.8 Å². The maximum Gasteiger partial charge on any atom is 0.449 e. The van der Waals surface area contributed by atoms with Gasteiger partial charge in [-0.05, 0) is 36.2 Å². The van der Waals surface area contributed by atoms with Gasteiger partial charge in [0.05, 0.1) is 17.9 Å². The largest absolute Gasteiger partial charge is 0.449 e. The molecule has 39 heavy (non-hydrogen) atoms. The molecule has 0 bridgehead atoms. The lowest BCUT2D eigenvalue weighted by Crippen LogP contribution is -2.42. The van der Waals surface area contributed by atoms with Crippen molar-refractivity contribution in [2.75, 3.05) is 11.9 Å². The number of nitrogens with zero attached hydrogens (tertiary/aromatic N) is 3. The van der Waals surface area contributed by atoms with Crippen molar-refractivity contribution in [3.63, 3.8) is 0 Å². The third-order valence-corrected chi connectivity index (χ3v) is 6.16. The fraction of sp³-hybridized carbons (Fsp3) is 0.320. The number of amides is 2. The summed E-state index contributed by atoms with van der Waals surface area (Å²) in [7, 11) is 0. The Kier molecular flexibility index (Phi) is 7.68. The minimum Gasteiger partial charge on any atom is -0.335 e. The van der Waals surface area contributed by atoms with Crippen LogP contribution in [-0.2, 0) is 35.3 Å². The molecule has 0 spiro atoms. The third kappa shape index (κ3) is 6.05. The predicted octanol–water partition coefficient (Wildman–Crippen LogP) is 4.39. The van der Waals surface area contributed by atoms with Crippen molar-refractivity contribution < 1.29 is 40.3 Å². The minimum absolute atomic E-state index is 0.0824. The highest BCUT2D eigenvalue weighted by Gasteiger charge is 2.41. The van der Waals surface area contributed by atoms with E-state index in [1.807, 2.05) is 0 Å². The number of carbonyl (C=O) groups excluding carboxylic acids is 2. The van der Waals surface area contributed by atoms with Gasteiger partial charge in [0.25, 0.3) is 0 Å². The van der Waals surface area contributed by atoms with E-state index in [4.69, 9.17) is 5.73 Å². The zero-order valence-electron chi connectivity index (χ0n) is 20.4. The second-order valence-corrected chi connectivity index (χ2v) is 9.10. The lowest BCUT2D eigenvalue weighted by molar-refractivity contribution is -0.148. The van der Waals surface area contributed by atoms with Crippen LogP contribution >= 0.6 is 0 Å². The van der Waals surface area contributed by atoms with E-state index in [1.54, 1.807) is 0 Å².